The third-order valence-electron chi connectivity index (χ3n) is 4.41. The molecule has 2 atom stereocenters. The first-order chi connectivity index (χ1) is 11.2. The van der Waals surface area contributed by atoms with Crippen LogP contribution in [-0.2, 0) is 9.47 Å². The first-order valence-corrected chi connectivity index (χ1v) is 8.24. The Kier molecular flexibility index (Phi) is 5.46. The van der Waals surface area contributed by atoms with Gasteiger partial charge < -0.3 is 20.1 Å². The van der Waals surface area contributed by atoms with Gasteiger partial charge in [-0.3, -0.25) is 0 Å². The summed E-state index contributed by atoms with van der Waals surface area (Å²) in [5, 5.41) is 6.00. The van der Waals surface area contributed by atoms with Crippen LogP contribution in [0.15, 0.2) is 24.3 Å². The van der Waals surface area contributed by atoms with Crippen molar-refractivity contribution in [1.29, 1.82) is 0 Å². The zero-order valence-corrected chi connectivity index (χ0v) is 13.1. The average Bonchev–Trinajstić information content (AvgIpc) is 3.09. The van der Waals surface area contributed by atoms with E-state index in [0.717, 1.165) is 31.2 Å². The Bertz CT molecular complexity index is 511. The van der Waals surface area contributed by atoms with Crippen LogP contribution in [0.5, 0.6) is 0 Å². The lowest BCUT2D eigenvalue weighted by molar-refractivity contribution is 0.0740. The molecule has 6 heteroatoms. The number of amides is 2. The van der Waals surface area contributed by atoms with Gasteiger partial charge in [0.1, 0.15) is 5.82 Å². The lowest BCUT2D eigenvalue weighted by Gasteiger charge is -2.28. The van der Waals surface area contributed by atoms with Crippen molar-refractivity contribution in [1.82, 2.24) is 10.6 Å². The minimum absolute atomic E-state index is 0.0686. The van der Waals surface area contributed by atoms with Gasteiger partial charge in [0.2, 0.25) is 0 Å². The molecule has 126 valence electrons. The second-order valence-corrected chi connectivity index (χ2v) is 6.09. The maximum Gasteiger partial charge on any atom is 0.315 e. The van der Waals surface area contributed by atoms with Crippen molar-refractivity contribution < 1.29 is 18.7 Å². The molecule has 0 radical (unpaired) electrons. The second-order valence-electron chi connectivity index (χ2n) is 6.09. The number of halogens is 1. The summed E-state index contributed by atoms with van der Waals surface area (Å²) in [5.74, 6) is -0.286. The summed E-state index contributed by atoms with van der Waals surface area (Å²) in [7, 11) is 0. The highest BCUT2D eigenvalue weighted by Crippen LogP contribution is 2.27. The minimum Gasteiger partial charge on any atom is -0.381 e. The number of hydrogen-bond donors (Lipinski definition) is 2. The van der Waals surface area contributed by atoms with Gasteiger partial charge in [0.05, 0.1) is 12.1 Å². The Labute approximate surface area is 135 Å². The molecule has 23 heavy (non-hydrogen) atoms. The highest BCUT2D eigenvalue weighted by Gasteiger charge is 2.29. The van der Waals surface area contributed by atoms with Crippen molar-refractivity contribution in [3.05, 3.63) is 35.6 Å². The van der Waals surface area contributed by atoms with Crippen molar-refractivity contribution in [2.45, 2.75) is 43.9 Å². The molecule has 1 aromatic carbocycles. The number of carbonyl (C=O) groups excluding carboxylic acids is 1. The Morgan fingerprint density at radius 2 is 1.87 bits per heavy atom. The number of rotatable bonds is 4. The van der Waals surface area contributed by atoms with E-state index in [1.54, 1.807) is 12.1 Å². The minimum atomic E-state index is -0.286. The van der Waals surface area contributed by atoms with Crippen molar-refractivity contribution in [2.75, 3.05) is 19.8 Å². The molecule has 0 bridgehead atoms. The lowest BCUT2D eigenvalue weighted by atomic mass is 9.99. The third kappa shape index (κ3) is 4.42. The SMILES string of the molecule is O=C(NC1CCOCC1)N[C@@H](c1ccc(F)cc1)[C@H]1CCCO1. The molecular weight excluding hydrogens is 299 g/mol. The molecule has 0 unspecified atom stereocenters. The first-order valence-electron chi connectivity index (χ1n) is 8.24. The largest absolute Gasteiger partial charge is 0.381 e. The molecule has 2 aliphatic rings. The highest BCUT2D eigenvalue weighted by molar-refractivity contribution is 5.75. The quantitative estimate of drug-likeness (QED) is 0.895. The van der Waals surface area contributed by atoms with E-state index in [9.17, 15) is 9.18 Å². The fraction of sp³-hybridized carbons (Fsp3) is 0.588. The van der Waals surface area contributed by atoms with Crippen molar-refractivity contribution in [3.63, 3.8) is 0 Å². The van der Waals surface area contributed by atoms with Crippen LogP contribution >= 0.6 is 0 Å². The third-order valence-corrected chi connectivity index (χ3v) is 4.41. The van der Waals surface area contributed by atoms with Crippen molar-refractivity contribution in [3.8, 4) is 0 Å². The van der Waals surface area contributed by atoms with E-state index in [0.29, 0.717) is 19.8 Å². The number of nitrogens with one attached hydrogen (secondary N) is 2. The van der Waals surface area contributed by atoms with Gasteiger partial charge in [-0.05, 0) is 43.4 Å². The van der Waals surface area contributed by atoms with E-state index in [2.05, 4.69) is 10.6 Å². The van der Waals surface area contributed by atoms with E-state index in [4.69, 9.17) is 9.47 Å². The van der Waals surface area contributed by atoms with Gasteiger partial charge in [0.25, 0.3) is 0 Å². The Balaban J connectivity index is 1.65. The van der Waals surface area contributed by atoms with E-state index in [1.165, 1.54) is 12.1 Å². The number of benzene rings is 1. The van der Waals surface area contributed by atoms with Gasteiger partial charge in [-0.25, -0.2) is 9.18 Å². The van der Waals surface area contributed by atoms with Gasteiger partial charge in [-0.1, -0.05) is 12.1 Å². The summed E-state index contributed by atoms with van der Waals surface area (Å²) in [4.78, 5) is 12.3. The average molecular weight is 322 g/mol. The Morgan fingerprint density at radius 3 is 2.52 bits per heavy atom. The van der Waals surface area contributed by atoms with Crippen LogP contribution in [0, 0.1) is 5.82 Å². The van der Waals surface area contributed by atoms with Gasteiger partial charge in [-0.15, -0.1) is 0 Å². The predicted molar refractivity (Wildman–Crippen MR) is 83.6 cm³/mol. The summed E-state index contributed by atoms with van der Waals surface area (Å²) in [6, 6.07) is 5.90. The summed E-state index contributed by atoms with van der Waals surface area (Å²) >= 11 is 0. The smallest absolute Gasteiger partial charge is 0.315 e. The van der Waals surface area contributed by atoms with Crippen LogP contribution in [0.3, 0.4) is 0 Å². The van der Waals surface area contributed by atoms with Gasteiger partial charge in [0, 0.05) is 25.9 Å². The molecule has 2 heterocycles. The van der Waals surface area contributed by atoms with Crippen molar-refractivity contribution in [2.24, 2.45) is 0 Å². The maximum absolute atomic E-state index is 13.2. The van der Waals surface area contributed by atoms with Crippen LogP contribution in [0.4, 0.5) is 9.18 Å². The normalized spacial score (nSPS) is 23.4. The molecule has 2 amide bonds. The summed E-state index contributed by atoms with van der Waals surface area (Å²) in [5.41, 5.74) is 0.862. The zero-order chi connectivity index (χ0) is 16.1. The predicted octanol–water partition coefficient (Wildman–Crippen LogP) is 2.52. The molecule has 2 fully saturated rings. The topological polar surface area (TPSA) is 59.6 Å². The molecule has 2 saturated heterocycles. The lowest BCUT2D eigenvalue weighted by Crippen LogP contribution is -2.47. The maximum atomic E-state index is 13.2. The van der Waals surface area contributed by atoms with Crippen LogP contribution in [0.25, 0.3) is 0 Å². The fourth-order valence-corrected chi connectivity index (χ4v) is 3.14. The van der Waals surface area contributed by atoms with E-state index < -0.39 is 0 Å². The van der Waals surface area contributed by atoms with Gasteiger partial charge in [-0.2, -0.15) is 0 Å². The zero-order valence-electron chi connectivity index (χ0n) is 13.1. The number of urea groups is 1. The molecule has 0 aromatic heterocycles. The summed E-state index contributed by atoms with van der Waals surface area (Å²) in [6.45, 7) is 2.06. The molecule has 5 nitrogen and oxygen atoms in total. The van der Waals surface area contributed by atoms with Gasteiger partial charge >= 0.3 is 6.03 Å². The molecule has 3 rings (SSSR count). The molecule has 0 saturated carbocycles. The van der Waals surface area contributed by atoms with E-state index >= 15 is 0 Å². The van der Waals surface area contributed by atoms with E-state index in [-0.39, 0.29) is 30.0 Å². The number of hydrogen-bond acceptors (Lipinski definition) is 3. The molecule has 2 N–H and O–H groups in total. The second kappa shape index (κ2) is 7.75. The first kappa shape index (κ1) is 16.2. The molecule has 1 aromatic rings. The van der Waals surface area contributed by atoms with Gasteiger partial charge in [0.15, 0.2) is 0 Å². The molecule has 0 spiro atoms. The number of ether oxygens (including phenoxy) is 2. The molecular formula is C17H23FN2O3. The number of carbonyl (C=O) groups is 1. The Morgan fingerprint density at radius 1 is 1.13 bits per heavy atom. The Hall–Kier alpha value is -1.66. The standard InChI is InChI=1S/C17H23FN2O3/c18-13-5-3-12(4-6-13)16(15-2-1-9-23-15)20-17(21)19-14-7-10-22-11-8-14/h3-6,14-16H,1-2,7-11H2,(H2,19,20,21)/t15-,16+/m1/s1. The molecule has 2 aliphatic heterocycles. The van der Waals surface area contributed by atoms with Crippen LogP contribution in [0.1, 0.15) is 37.3 Å². The summed E-state index contributed by atoms with van der Waals surface area (Å²) in [6.07, 6.45) is 3.45. The highest BCUT2D eigenvalue weighted by atomic mass is 19.1. The monoisotopic (exact) mass is 322 g/mol. The van der Waals surface area contributed by atoms with Crippen LogP contribution in [0.2, 0.25) is 0 Å². The van der Waals surface area contributed by atoms with Crippen LogP contribution < -0.4 is 10.6 Å². The van der Waals surface area contributed by atoms with E-state index in [1.807, 2.05) is 0 Å². The molecule has 0 aliphatic carbocycles. The summed E-state index contributed by atoms with van der Waals surface area (Å²) < 4.78 is 24.2. The van der Waals surface area contributed by atoms with Crippen LogP contribution in [-0.4, -0.2) is 38.0 Å². The fourth-order valence-electron chi connectivity index (χ4n) is 3.14. The van der Waals surface area contributed by atoms with Crippen molar-refractivity contribution >= 4 is 6.03 Å².